The molecule has 0 radical (unpaired) electrons. The summed E-state index contributed by atoms with van der Waals surface area (Å²) in [7, 11) is 0. The molecule has 0 N–H and O–H groups in total. The third-order valence-electron chi connectivity index (χ3n) is 3.08. The van der Waals surface area contributed by atoms with Gasteiger partial charge in [-0.25, -0.2) is 0 Å². The van der Waals surface area contributed by atoms with Gasteiger partial charge in [0.25, 0.3) is 4.66 Å². The van der Waals surface area contributed by atoms with Crippen LogP contribution in [0.15, 0.2) is 65.6 Å². The van der Waals surface area contributed by atoms with E-state index in [1.165, 1.54) is 16.9 Å². The molecule has 0 amide bonds. The van der Waals surface area contributed by atoms with Crippen LogP contribution in [0.5, 0.6) is 0 Å². The lowest BCUT2D eigenvalue weighted by Gasteiger charge is -2.01. The molecule has 1 heterocycles. The first kappa shape index (κ1) is 14.6. The largest absolute Gasteiger partial charge is 0.316 e. The Hall–Kier alpha value is -2.37. The average molecular weight is 335 g/mol. The van der Waals surface area contributed by atoms with Gasteiger partial charge in [-0.2, -0.15) is 0 Å². The molecule has 0 fully saturated rings. The number of benzene rings is 2. The first-order chi connectivity index (χ1) is 10.6. The minimum atomic E-state index is -0.442. The lowest BCUT2D eigenvalue weighted by molar-refractivity contribution is -0.669. The highest BCUT2D eigenvalue weighted by Crippen LogP contribution is 2.12. The minimum absolute atomic E-state index is 0.424. The molecular weight excluding hydrogens is 325 g/mol. The van der Waals surface area contributed by atoms with Gasteiger partial charge in [0, 0.05) is 16.1 Å². The van der Waals surface area contributed by atoms with Crippen molar-refractivity contribution in [2.75, 3.05) is 0 Å². The zero-order valence-corrected chi connectivity index (χ0v) is 12.7. The standard InChI is InChI=1S/C15H10Cl2N3O2/c16-11-1-5-13(6-2-11)18-10-9-15(21)19(20(18)22)14-7-3-12(17)4-8-14/h1-10H/q+1. The zero-order chi connectivity index (χ0) is 15.7. The summed E-state index contributed by atoms with van der Waals surface area (Å²) in [4.78, 5) is 24.6. The van der Waals surface area contributed by atoms with E-state index in [-0.39, 0.29) is 0 Å². The first-order valence-electron chi connectivity index (χ1n) is 6.36. The molecule has 5 nitrogen and oxygen atoms in total. The highest BCUT2D eigenvalue weighted by atomic mass is 35.5. The van der Waals surface area contributed by atoms with Crippen LogP contribution >= 0.6 is 23.2 Å². The number of rotatable bonds is 2. The van der Waals surface area contributed by atoms with Crippen molar-refractivity contribution in [1.82, 2.24) is 9.36 Å². The quantitative estimate of drug-likeness (QED) is 0.676. The molecule has 0 atom stereocenters. The molecule has 0 unspecified atom stereocenters. The molecule has 22 heavy (non-hydrogen) atoms. The van der Waals surface area contributed by atoms with E-state index in [0.717, 1.165) is 4.68 Å². The number of halogens is 2. The van der Waals surface area contributed by atoms with Gasteiger partial charge in [-0.15, -0.1) is 0 Å². The summed E-state index contributed by atoms with van der Waals surface area (Å²) >= 11 is 11.7. The Labute approximate surface area is 135 Å². The van der Waals surface area contributed by atoms with Crippen LogP contribution in [-0.4, -0.2) is 9.36 Å². The topological polar surface area (TPSA) is 49.9 Å². The van der Waals surface area contributed by atoms with E-state index in [2.05, 4.69) is 0 Å². The molecule has 3 rings (SSSR count). The van der Waals surface area contributed by atoms with E-state index < -0.39 is 5.56 Å². The van der Waals surface area contributed by atoms with Gasteiger partial charge in [-0.3, -0.25) is 4.79 Å². The maximum Gasteiger partial charge on any atom is 0.316 e. The van der Waals surface area contributed by atoms with Crippen molar-refractivity contribution in [3.63, 3.8) is 0 Å². The molecule has 1 aromatic heterocycles. The van der Waals surface area contributed by atoms with Crippen molar-refractivity contribution in [1.29, 1.82) is 0 Å². The third kappa shape index (κ3) is 2.68. The lowest BCUT2D eigenvalue weighted by atomic mass is 10.3. The first-order valence-corrected chi connectivity index (χ1v) is 7.11. The minimum Gasteiger partial charge on any atom is -0.263 e. The van der Waals surface area contributed by atoms with Crippen molar-refractivity contribution in [2.45, 2.75) is 0 Å². The Morgan fingerprint density at radius 1 is 0.773 bits per heavy atom. The highest BCUT2D eigenvalue weighted by molar-refractivity contribution is 6.30. The highest BCUT2D eigenvalue weighted by Gasteiger charge is 2.16. The third-order valence-corrected chi connectivity index (χ3v) is 3.59. The Morgan fingerprint density at radius 2 is 1.27 bits per heavy atom. The van der Waals surface area contributed by atoms with Crippen LogP contribution in [-0.2, 0) is 0 Å². The molecule has 0 bridgehead atoms. The Balaban J connectivity index is 2.22. The zero-order valence-electron chi connectivity index (χ0n) is 11.2. The Kier molecular flexibility index (Phi) is 3.83. The van der Waals surface area contributed by atoms with Gasteiger partial charge in [0.05, 0.1) is 11.1 Å². The van der Waals surface area contributed by atoms with E-state index in [4.69, 9.17) is 23.2 Å². The summed E-state index contributed by atoms with van der Waals surface area (Å²) in [6, 6.07) is 14.5. The average Bonchev–Trinajstić information content (AvgIpc) is 2.51. The van der Waals surface area contributed by atoms with Gasteiger partial charge in [-0.1, -0.05) is 27.9 Å². The maximum absolute atomic E-state index is 12.5. The fourth-order valence-corrected chi connectivity index (χ4v) is 2.28. The Bertz CT molecular complexity index is 929. The summed E-state index contributed by atoms with van der Waals surface area (Å²) in [5.41, 5.74) is 0.567. The normalized spacial score (nSPS) is 10.6. The molecule has 110 valence electrons. The van der Waals surface area contributed by atoms with Gasteiger partial charge in [-0.05, 0) is 53.2 Å². The van der Waals surface area contributed by atoms with E-state index in [9.17, 15) is 9.70 Å². The molecule has 0 aliphatic carbocycles. The van der Waals surface area contributed by atoms with Crippen molar-refractivity contribution < 1.29 is 4.66 Å². The second-order valence-corrected chi connectivity index (χ2v) is 5.39. The SMILES string of the molecule is O=c1ccn(-c2ccc(Cl)cc2)[n+](=O)n1-c1ccc(Cl)cc1. The second kappa shape index (κ2) is 5.79. The molecule has 0 saturated heterocycles. The molecule has 2 aromatic carbocycles. The van der Waals surface area contributed by atoms with Gasteiger partial charge in [0.2, 0.25) is 0 Å². The summed E-state index contributed by atoms with van der Waals surface area (Å²) in [6.45, 7) is 0. The van der Waals surface area contributed by atoms with E-state index in [1.54, 1.807) is 48.5 Å². The monoisotopic (exact) mass is 334 g/mol. The summed E-state index contributed by atoms with van der Waals surface area (Å²) in [5.74, 6) is 0. The summed E-state index contributed by atoms with van der Waals surface area (Å²) in [5, 5.41) is 1.09. The number of aromatic nitrogens is 3. The van der Waals surface area contributed by atoms with Crippen LogP contribution in [0.2, 0.25) is 10.0 Å². The van der Waals surface area contributed by atoms with Gasteiger partial charge in [0.1, 0.15) is 11.4 Å². The Morgan fingerprint density at radius 3 is 1.82 bits per heavy atom. The van der Waals surface area contributed by atoms with Gasteiger partial charge in [0.15, 0.2) is 0 Å². The predicted octanol–water partition coefficient (Wildman–Crippen LogP) is 2.85. The maximum atomic E-state index is 12.5. The van der Waals surface area contributed by atoms with Crippen molar-refractivity contribution in [3.05, 3.63) is 86.1 Å². The van der Waals surface area contributed by atoms with Crippen LogP contribution in [0.4, 0.5) is 0 Å². The lowest BCUT2D eigenvalue weighted by Crippen LogP contribution is -2.46. The van der Waals surface area contributed by atoms with Crippen LogP contribution in [0.3, 0.4) is 0 Å². The molecule has 0 aliphatic rings. The fraction of sp³-hybridized carbons (Fsp3) is 0. The smallest absolute Gasteiger partial charge is 0.263 e. The van der Waals surface area contributed by atoms with E-state index >= 15 is 0 Å². The van der Waals surface area contributed by atoms with Crippen molar-refractivity contribution in [2.24, 2.45) is 0 Å². The van der Waals surface area contributed by atoms with Crippen LogP contribution in [0.25, 0.3) is 11.4 Å². The van der Waals surface area contributed by atoms with Crippen molar-refractivity contribution >= 4 is 23.2 Å². The van der Waals surface area contributed by atoms with Crippen molar-refractivity contribution in [3.8, 4) is 11.4 Å². The summed E-state index contributed by atoms with van der Waals surface area (Å²) < 4.78 is 2.78. The van der Waals surface area contributed by atoms with E-state index in [0.29, 0.717) is 26.1 Å². The summed E-state index contributed by atoms with van der Waals surface area (Å²) in [6.07, 6.45) is 1.41. The molecule has 7 heteroatoms. The van der Waals surface area contributed by atoms with Crippen LogP contribution < -0.4 is 10.2 Å². The van der Waals surface area contributed by atoms with E-state index in [1.807, 2.05) is 0 Å². The van der Waals surface area contributed by atoms with Crippen LogP contribution in [0, 0.1) is 4.91 Å². The van der Waals surface area contributed by atoms with Gasteiger partial charge < -0.3 is 0 Å². The van der Waals surface area contributed by atoms with Gasteiger partial charge >= 0.3 is 5.56 Å². The molecular formula is C15H10Cl2N3O2+. The second-order valence-electron chi connectivity index (χ2n) is 4.52. The molecule has 3 aromatic rings. The molecule has 0 spiro atoms. The number of hydrogen-bond donors (Lipinski definition) is 0. The number of hydrogen-bond acceptors (Lipinski definition) is 2. The number of nitrogens with zero attached hydrogens (tertiary/aromatic N) is 3. The molecule has 0 aliphatic heterocycles. The molecule has 0 saturated carbocycles. The fourth-order valence-electron chi connectivity index (χ4n) is 2.03. The van der Waals surface area contributed by atoms with Crippen LogP contribution in [0.1, 0.15) is 0 Å². The predicted molar refractivity (Wildman–Crippen MR) is 84.8 cm³/mol.